The number of hydrogen-bond donors (Lipinski definition) is 30. The Morgan fingerprint density at radius 2 is 0.602 bits per heavy atom. The summed E-state index contributed by atoms with van der Waals surface area (Å²) >= 11 is 1.75. The number of nitrogens with zero attached hydrogens (tertiary/aromatic N) is 8. The third-order valence-corrected chi connectivity index (χ3v) is 19.5. The number of aliphatic imine (C=N–C) groups is 8. The SMILES string of the molecule is C[C@@H](N)C(=O)N[C@@H](CCCN=C(N)N)C(=O)N[C@@H](CCCN=C(N)N)C(=O)N[C@@H](CCCN=C(N)N)C(=O)N[C@@H](CCCN=C(N)N)C(=O)N[C@@H](CCCN=C(N)N)C(=O)N[C@@H](CCCN=C(N)N)C(=O)NCCCC[C@H](NC(=O)[C@H](CCCN=C(N)N)NC(=O)[C@H](CCCN=C(N)N)NC(=O)CCCC[C@@H]1SC[C@@H]2NC(=O)N[C@@H]21)C(N)=O. The van der Waals surface area contributed by atoms with Crippen molar-refractivity contribution in [3.05, 3.63) is 0 Å². The molecule has 0 saturated carbocycles. The van der Waals surface area contributed by atoms with E-state index in [4.69, 9.17) is 103 Å². The molecular weight excluding hydrogens is 1560 g/mol. The predicted molar refractivity (Wildman–Crippen MR) is 450 cm³/mol. The van der Waals surface area contributed by atoms with Crippen LogP contribution in [0.1, 0.15) is 155 Å². The Labute approximate surface area is 689 Å². The zero-order valence-corrected chi connectivity index (χ0v) is 67.9. The number of unbranched alkanes of at least 4 members (excludes halogenated alkanes) is 2. The molecule has 0 spiro atoms. The number of fused-ring (bicyclic) bond motifs is 1. The van der Waals surface area contributed by atoms with Gasteiger partial charge in [-0.2, -0.15) is 11.8 Å². The lowest BCUT2D eigenvalue weighted by molar-refractivity contribution is -0.136. The van der Waals surface area contributed by atoms with Gasteiger partial charge in [0, 0.05) is 76.3 Å². The Balaban J connectivity index is 2.49. The number of carbonyl (C=O) groups excluding carboxylic acids is 12. The Hall–Kier alpha value is -12.1. The summed E-state index contributed by atoms with van der Waals surface area (Å²) in [5.74, 6) is -10.1. The predicted octanol–water partition coefficient (Wildman–Crippen LogP) is -12.4. The highest BCUT2D eigenvalue weighted by Crippen LogP contribution is 2.33. The summed E-state index contributed by atoms with van der Waals surface area (Å²) in [6.45, 7) is 1.40. The van der Waals surface area contributed by atoms with Gasteiger partial charge in [0.15, 0.2) is 47.7 Å². The van der Waals surface area contributed by atoms with Crippen molar-refractivity contribution in [2.24, 2.45) is 143 Å². The maximum Gasteiger partial charge on any atom is 0.315 e. The standard InChI is InChI=1S/C67H130N38O12S/c1-35(68)50(108)97-39(17-8-28-89-61(74)75)54(112)100-42(20-11-31-92-64(80)81)56(114)102-44(22-13-33-94-66(84)85)58(116)103-43(21-12-32-93-65(82)83)57(115)101-41(19-10-30-91-63(78)79)55(113)98-37(15-6-26-87-59(70)71)51(109)86-25-5-4-14-36(49(69)107)96-53(111)40(18-9-29-90-62(76)77)99-52(110)38(16-7-27-88-60(72)73)95-47(106)24-3-2-23-46-48-45(34-118-46)104-67(117)105-48/h35-46,48H,2-34,68H2,1H3,(H2,69,107)(H,86,109)(H,95,106)(H,96,111)(H,97,108)(H,98,113)(H,99,110)(H,100,112)(H,101,115)(H,102,114)(H,103,116)(H4,70,71,87)(H4,72,73,88)(H4,74,75,89)(H4,76,77,90)(H4,78,79,91)(H4,80,81,92)(H4,82,83,93)(H4,84,85,94)(H2,104,105,117)/t35-,36+,37+,38+,39+,40+,41+,42+,43+,44+,45+,46+,48+/m1/s1. The van der Waals surface area contributed by atoms with E-state index in [9.17, 15) is 57.5 Å². The van der Waals surface area contributed by atoms with E-state index >= 15 is 0 Å². The van der Waals surface area contributed by atoms with Crippen LogP contribution in [-0.4, -0.2) is 261 Å². The highest BCUT2D eigenvalue weighted by molar-refractivity contribution is 8.00. The number of rotatable bonds is 61. The van der Waals surface area contributed by atoms with Crippen molar-refractivity contribution in [2.75, 3.05) is 64.7 Å². The molecule has 13 amide bonds. The molecular formula is C67H130N38O12S. The minimum Gasteiger partial charge on any atom is -0.370 e. The molecule has 666 valence electrons. The summed E-state index contributed by atoms with van der Waals surface area (Å²) in [6, 6.07) is -13.6. The van der Waals surface area contributed by atoms with Gasteiger partial charge in [-0.1, -0.05) is 6.42 Å². The van der Waals surface area contributed by atoms with Gasteiger partial charge in [-0.25, -0.2) is 4.79 Å². The zero-order valence-electron chi connectivity index (χ0n) is 67.1. The summed E-state index contributed by atoms with van der Waals surface area (Å²) in [5, 5.41) is 32.8. The molecule has 0 radical (unpaired) electrons. The number of nitrogens with one attached hydrogen (secondary N) is 12. The minimum absolute atomic E-state index is 0.00650. The molecule has 0 aliphatic carbocycles. The van der Waals surface area contributed by atoms with E-state index in [1.807, 2.05) is 0 Å². The summed E-state index contributed by atoms with van der Waals surface area (Å²) in [6.07, 6.45) is 2.38. The summed E-state index contributed by atoms with van der Waals surface area (Å²) < 4.78 is 0. The molecule has 48 N–H and O–H groups in total. The van der Waals surface area contributed by atoms with E-state index in [0.29, 0.717) is 12.8 Å². The second kappa shape index (κ2) is 57.0. The monoisotopic (exact) mass is 1690 g/mol. The minimum atomic E-state index is -1.53. The van der Waals surface area contributed by atoms with E-state index in [1.54, 1.807) is 11.8 Å². The lowest BCUT2D eigenvalue weighted by Gasteiger charge is -2.28. The molecule has 2 fully saturated rings. The fourth-order valence-corrected chi connectivity index (χ4v) is 13.6. The van der Waals surface area contributed by atoms with E-state index in [0.717, 1.165) is 12.2 Å². The third-order valence-electron chi connectivity index (χ3n) is 18.0. The lowest BCUT2D eigenvalue weighted by Crippen LogP contribution is -2.60. The van der Waals surface area contributed by atoms with Gasteiger partial charge < -0.3 is 167 Å². The average molecular weight is 1690 g/mol. The first-order valence-corrected chi connectivity index (χ1v) is 40.1. The molecule has 0 aromatic rings. The van der Waals surface area contributed by atoms with E-state index in [1.165, 1.54) is 6.92 Å². The van der Waals surface area contributed by atoms with Crippen LogP contribution in [0.5, 0.6) is 0 Å². The molecule has 0 bridgehead atoms. The van der Waals surface area contributed by atoms with Gasteiger partial charge in [0.1, 0.15) is 54.4 Å². The average Bonchev–Trinajstić information content (AvgIpc) is 1.66. The molecule has 0 aromatic heterocycles. The van der Waals surface area contributed by atoms with Crippen LogP contribution in [0.25, 0.3) is 0 Å². The van der Waals surface area contributed by atoms with Crippen molar-refractivity contribution >= 4 is 130 Å². The topological polar surface area (TPSA) is 916 Å². The molecule has 2 aliphatic heterocycles. The van der Waals surface area contributed by atoms with Crippen molar-refractivity contribution in [1.29, 1.82) is 0 Å². The van der Waals surface area contributed by atoms with Gasteiger partial charge in [-0.3, -0.25) is 92.7 Å². The fourth-order valence-electron chi connectivity index (χ4n) is 12.0. The van der Waals surface area contributed by atoms with Gasteiger partial charge in [0.25, 0.3) is 0 Å². The van der Waals surface area contributed by atoms with Gasteiger partial charge in [-0.05, 0) is 142 Å². The largest absolute Gasteiger partial charge is 0.370 e. The molecule has 2 saturated heterocycles. The van der Waals surface area contributed by atoms with Crippen LogP contribution in [0.15, 0.2) is 39.9 Å². The molecule has 50 nitrogen and oxygen atoms in total. The van der Waals surface area contributed by atoms with Gasteiger partial charge in [-0.15, -0.1) is 0 Å². The second-order valence-corrected chi connectivity index (χ2v) is 29.3. The first-order chi connectivity index (χ1) is 55.9. The number of primary amides is 1. The Bertz CT molecular complexity index is 3480. The van der Waals surface area contributed by atoms with Crippen LogP contribution in [0.4, 0.5) is 4.79 Å². The van der Waals surface area contributed by atoms with Gasteiger partial charge >= 0.3 is 6.03 Å². The number of guanidine groups is 8. The van der Waals surface area contributed by atoms with E-state index in [2.05, 4.69) is 104 Å². The normalized spacial score (nSPS) is 16.2. The highest BCUT2D eigenvalue weighted by atomic mass is 32.2. The van der Waals surface area contributed by atoms with Crippen LogP contribution < -0.4 is 167 Å². The molecule has 118 heavy (non-hydrogen) atoms. The number of urea groups is 1. The van der Waals surface area contributed by atoms with E-state index < -0.39 is 125 Å². The van der Waals surface area contributed by atoms with Crippen LogP contribution in [-0.2, 0) is 52.7 Å². The number of nitrogens with two attached hydrogens (primary N) is 18. The second-order valence-electron chi connectivity index (χ2n) is 28.0. The first-order valence-electron chi connectivity index (χ1n) is 39.0. The van der Waals surface area contributed by atoms with Crippen molar-refractivity contribution in [2.45, 2.75) is 232 Å². The van der Waals surface area contributed by atoms with Gasteiger partial charge in [0.2, 0.25) is 65.0 Å². The number of amides is 13. The van der Waals surface area contributed by atoms with Crippen molar-refractivity contribution in [1.82, 2.24) is 63.8 Å². The smallest absolute Gasteiger partial charge is 0.315 e. The summed E-state index contributed by atoms with van der Waals surface area (Å²) in [5.41, 5.74) is 101. The lowest BCUT2D eigenvalue weighted by atomic mass is 10.0. The Morgan fingerprint density at radius 1 is 0.339 bits per heavy atom. The van der Waals surface area contributed by atoms with Crippen molar-refractivity contribution in [3.63, 3.8) is 0 Å². The summed E-state index contributed by atoms with van der Waals surface area (Å²) in [7, 11) is 0. The Morgan fingerprint density at radius 3 is 0.881 bits per heavy atom. The maximum absolute atomic E-state index is 14.8. The zero-order chi connectivity index (χ0) is 88.2. The van der Waals surface area contributed by atoms with Crippen LogP contribution >= 0.6 is 11.8 Å². The molecule has 2 aliphatic rings. The summed E-state index contributed by atoms with van der Waals surface area (Å²) in [4.78, 5) is 199. The highest BCUT2D eigenvalue weighted by Gasteiger charge is 2.43. The van der Waals surface area contributed by atoms with Crippen molar-refractivity contribution < 1.29 is 57.5 Å². The van der Waals surface area contributed by atoms with E-state index in [-0.39, 0.29) is 258 Å². The number of hydrogen-bond acceptors (Lipinski definition) is 22. The molecule has 2 heterocycles. The third kappa shape index (κ3) is 45.3. The fraction of sp³-hybridized carbons (Fsp3) is 0.701. The van der Waals surface area contributed by atoms with Crippen LogP contribution in [0, 0.1) is 0 Å². The molecule has 0 aromatic carbocycles. The molecule has 51 heteroatoms. The quantitative estimate of drug-likeness (QED) is 0.0116. The Kier molecular flexibility index (Phi) is 49.3. The number of carbonyl (C=O) groups is 12. The van der Waals surface area contributed by atoms with Crippen LogP contribution in [0.3, 0.4) is 0 Å². The van der Waals surface area contributed by atoms with Gasteiger partial charge in [0.05, 0.1) is 18.1 Å². The van der Waals surface area contributed by atoms with Crippen LogP contribution in [0.2, 0.25) is 0 Å². The molecule has 2 rings (SSSR count). The molecule has 13 atom stereocenters. The molecule has 0 unspecified atom stereocenters. The number of thioether (sulfide) groups is 1. The first kappa shape index (κ1) is 102. The maximum atomic E-state index is 14.8. The van der Waals surface area contributed by atoms with Crippen molar-refractivity contribution in [3.8, 4) is 0 Å².